The zero-order valence-corrected chi connectivity index (χ0v) is 11.4. The van der Waals surface area contributed by atoms with Crippen LogP contribution in [0.4, 0.5) is 0 Å². The zero-order valence-electron chi connectivity index (χ0n) is 11.4. The van der Waals surface area contributed by atoms with Gasteiger partial charge in [0.25, 0.3) is 0 Å². The highest BCUT2D eigenvalue weighted by molar-refractivity contribution is 4.77. The molecule has 0 radical (unpaired) electrons. The number of nitrogens with two attached hydrogens (primary N) is 1. The maximum absolute atomic E-state index is 5.56. The molecular weight excluding hydrogens is 196 g/mol. The molecule has 1 fully saturated rings. The van der Waals surface area contributed by atoms with Crippen LogP contribution >= 0.6 is 0 Å². The van der Waals surface area contributed by atoms with Crippen molar-refractivity contribution >= 4 is 0 Å². The summed E-state index contributed by atoms with van der Waals surface area (Å²) in [4.78, 5) is 2.59. The molecule has 1 aliphatic carbocycles. The monoisotopic (exact) mass is 226 g/mol. The number of rotatable bonds is 6. The van der Waals surface area contributed by atoms with E-state index in [1.807, 2.05) is 0 Å². The average molecular weight is 226 g/mol. The molecule has 0 aromatic rings. The quantitative estimate of drug-likeness (QED) is 0.754. The van der Waals surface area contributed by atoms with Gasteiger partial charge in [0.2, 0.25) is 0 Å². The van der Waals surface area contributed by atoms with E-state index in [1.54, 1.807) is 0 Å². The Labute approximate surface area is 102 Å². The van der Waals surface area contributed by atoms with E-state index < -0.39 is 0 Å². The topological polar surface area (TPSA) is 29.3 Å². The van der Waals surface area contributed by atoms with Crippen molar-refractivity contribution in [2.24, 2.45) is 17.6 Å². The molecular formula is C14H30N2. The van der Waals surface area contributed by atoms with Gasteiger partial charge in [0.1, 0.15) is 0 Å². The minimum atomic E-state index is 0.797. The van der Waals surface area contributed by atoms with Crippen molar-refractivity contribution in [3.8, 4) is 0 Å². The van der Waals surface area contributed by atoms with Crippen LogP contribution in [-0.2, 0) is 0 Å². The summed E-state index contributed by atoms with van der Waals surface area (Å²) in [6.45, 7) is 6.85. The van der Waals surface area contributed by atoms with Crippen molar-refractivity contribution in [1.82, 2.24) is 4.90 Å². The van der Waals surface area contributed by atoms with Crippen molar-refractivity contribution in [2.75, 3.05) is 20.1 Å². The molecule has 1 rings (SSSR count). The van der Waals surface area contributed by atoms with E-state index in [0.29, 0.717) is 0 Å². The fraction of sp³-hybridized carbons (Fsp3) is 1.00. The molecule has 1 aliphatic rings. The second-order valence-corrected chi connectivity index (χ2v) is 5.90. The number of nitrogens with zero attached hydrogens (tertiary/aromatic N) is 1. The molecule has 0 aromatic carbocycles. The Hall–Kier alpha value is -0.0800. The van der Waals surface area contributed by atoms with Gasteiger partial charge in [-0.1, -0.05) is 26.7 Å². The SMILES string of the molecule is CC1CCCC(N(C)CC(C)CCCN)C1. The molecule has 0 aliphatic heterocycles. The van der Waals surface area contributed by atoms with Crippen LogP contribution in [0.3, 0.4) is 0 Å². The largest absolute Gasteiger partial charge is 0.330 e. The van der Waals surface area contributed by atoms with E-state index in [-0.39, 0.29) is 0 Å². The summed E-state index contributed by atoms with van der Waals surface area (Å²) in [5.41, 5.74) is 5.56. The lowest BCUT2D eigenvalue weighted by atomic mass is 9.86. The molecule has 0 aromatic heterocycles. The van der Waals surface area contributed by atoms with Crippen LogP contribution in [0, 0.1) is 11.8 Å². The average Bonchev–Trinajstić information content (AvgIpc) is 2.26. The second kappa shape index (κ2) is 7.29. The van der Waals surface area contributed by atoms with E-state index in [0.717, 1.165) is 24.4 Å². The van der Waals surface area contributed by atoms with Gasteiger partial charge < -0.3 is 10.6 Å². The zero-order chi connectivity index (χ0) is 12.0. The normalized spacial score (nSPS) is 28.3. The maximum atomic E-state index is 5.56. The van der Waals surface area contributed by atoms with Crippen molar-refractivity contribution in [3.05, 3.63) is 0 Å². The lowest BCUT2D eigenvalue weighted by Gasteiger charge is -2.35. The van der Waals surface area contributed by atoms with Crippen LogP contribution in [0.1, 0.15) is 52.4 Å². The Morgan fingerprint density at radius 2 is 2.12 bits per heavy atom. The third-order valence-corrected chi connectivity index (χ3v) is 4.03. The van der Waals surface area contributed by atoms with Crippen LogP contribution < -0.4 is 5.73 Å². The van der Waals surface area contributed by atoms with Crippen LogP contribution in [-0.4, -0.2) is 31.1 Å². The van der Waals surface area contributed by atoms with Gasteiger partial charge in [-0.05, 0) is 51.1 Å². The smallest absolute Gasteiger partial charge is 0.00948 e. The molecule has 3 unspecified atom stereocenters. The van der Waals surface area contributed by atoms with Crippen molar-refractivity contribution in [3.63, 3.8) is 0 Å². The lowest BCUT2D eigenvalue weighted by molar-refractivity contribution is 0.144. The van der Waals surface area contributed by atoms with E-state index in [2.05, 4.69) is 25.8 Å². The van der Waals surface area contributed by atoms with Crippen molar-refractivity contribution in [2.45, 2.75) is 58.4 Å². The molecule has 1 saturated carbocycles. The van der Waals surface area contributed by atoms with E-state index in [9.17, 15) is 0 Å². The van der Waals surface area contributed by atoms with Crippen LogP contribution in [0.15, 0.2) is 0 Å². The molecule has 2 heteroatoms. The van der Waals surface area contributed by atoms with E-state index in [4.69, 9.17) is 5.73 Å². The highest BCUT2D eigenvalue weighted by Gasteiger charge is 2.22. The molecule has 0 saturated heterocycles. The summed E-state index contributed by atoms with van der Waals surface area (Å²) in [5.74, 6) is 1.73. The lowest BCUT2D eigenvalue weighted by Crippen LogP contribution is -2.38. The Morgan fingerprint density at radius 3 is 2.75 bits per heavy atom. The molecule has 2 nitrogen and oxygen atoms in total. The van der Waals surface area contributed by atoms with Gasteiger partial charge >= 0.3 is 0 Å². The van der Waals surface area contributed by atoms with Gasteiger partial charge in [-0.2, -0.15) is 0 Å². The van der Waals surface area contributed by atoms with Gasteiger partial charge in [-0.15, -0.1) is 0 Å². The molecule has 3 atom stereocenters. The van der Waals surface area contributed by atoms with Crippen LogP contribution in [0.5, 0.6) is 0 Å². The number of hydrogen-bond donors (Lipinski definition) is 1. The summed E-state index contributed by atoms with van der Waals surface area (Å²) >= 11 is 0. The standard InChI is InChI=1S/C14H30N2/c1-12-6-4-8-14(10-12)16(3)11-13(2)7-5-9-15/h12-14H,4-11,15H2,1-3H3. The summed E-state index contributed by atoms with van der Waals surface area (Å²) in [6, 6.07) is 0.837. The van der Waals surface area contributed by atoms with Crippen molar-refractivity contribution < 1.29 is 0 Å². The second-order valence-electron chi connectivity index (χ2n) is 5.90. The van der Waals surface area contributed by atoms with Crippen LogP contribution in [0.2, 0.25) is 0 Å². The van der Waals surface area contributed by atoms with Gasteiger partial charge in [0.15, 0.2) is 0 Å². The van der Waals surface area contributed by atoms with Crippen molar-refractivity contribution in [1.29, 1.82) is 0 Å². The Kier molecular flexibility index (Phi) is 6.37. The molecule has 0 bridgehead atoms. The summed E-state index contributed by atoms with van der Waals surface area (Å²) in [5, 5.41) is 0. The Balaban J connectivity index is 2.24. The fourth-order valence-corrected chi connectivity index (χ4v) is 3.00. The van der Waals surface area contributed by atoms with E-state index >= 15 is 0 Å². The first kappa shape index (κ1) is 14.0. The predicted molar refractivity (Wildman–Crippen MR) is 71.5 cm³/mol. The summed E-state index contributed by atoms with van der Waals surface area (Å²) < 4.78 is 0. The Bertz CT molecular complexity index is 182. The third kappa shape index (κ3) is 4.84. The van der Waals surface area contributed by atoms with Crippen LogP contribution in [0.25, 0.3) is 0 Å². The van der Waals surface area contributed by atoms with Gasteiger partial charge in [-0.3, -0.25) is 0 Å². The van der Waals surface area contributed by atoms with Gasteiger partial charge in [-0.25, -0.2) is 0 Å². The Morgan fingerprint density at radius 1 is 1.38 bits per heavy atom. The minimum Gasteiger partial charge on any atom is -0.330 e. The first-order valence-corrected chi connectivity index (χ1v) is 7.03. The highest BCUT2D eigenvalue weighted by Crippen LogP contribution is 2.27. The van der Waals surface area contributed by atoms with E-state index in [1.165, 1.54) is 45.1 Å². The molecule has 0 spiro atoms. The summed E-state index contributed by atoms with van der Waals surface area (Å²) in [7, 11) is 2.31. The molecule has 0 heterocycles. The van der Waals surface area contributed by atoms with Gasteiger partial charge in [0, 0.05) is 12.6 Å². The first-order valence-electron chi connectivity index (χ1n) is 7.03. The maximum Gasteiger partial charge on any atom is 0.00948 e. The third-order valence-electron chi connectivity index (χ3n) is 4.03. The fourth-order valence-electron chi connectivity index (χ4n) is 3.00. The highest BCUT2D eigenvalue weighted by atomic mass is 15.1. The van der Waals surface area contributed by atoms with Gasteiger partial charge in [0.05, 0.1) is 0 Å². The minimum absolute atomic E-state index is 0.797. The summed E-state index contributed by atoms with van der Waals surface area (Å²) in [6.07, 6.45) is 8.13. The number of hydrogen-bond acceptors (Lipinski definition) is 2. The molecule has 96 valence electrons. The molecule has 0 amide bonds. The first-order chi connectivity index (χ1) is 7.63. The predicted octanol–water partition coefficient (Wildman–Crippen LogP) is 2.87. The molecule has 16 heavy (non-hydrogen) atoms. The molecule has 2 N–H and O–H groups in total.